The largest absolute Gasteiger partial charge is 0.481 e. The molecule has 0 bridgehead atoms. The maximum Gasteiger partial charge on any atom is 0.308 e. The van der Waals surface area contributed by atoms with Crippen molar-refractivity contribution in [1.82, 2.24) is 4.90 Å². The standard InChI is InChI=1S/C14H27NO3/c1-11(2)13(14(16)17)10-15(3)7-4-12-5-8-18-9-6-12/h11-13H,4-10H2,1-3H3,(H,16,17). The molecule has 1 N–H and O–H groups in total. The molecule has 0 amide bonds. The van der Waals surface area contributed by atoms with Crippen LogP contribution < -0.4 is 0 Å². The number of carboxylic acids is 1. The van der Waals surface area contributed by atoms with E-state index in [0.717, 1.165) is 44.9 Å². The summed E-state index contributed by atoms with van der Waals surface area (Å²) in [6.45, 7) is 7.36. The summed E-state index contributed by atoms with van der Waals surface area (Å²) in [7, 11) is 2.03. The SMILES string of the molecule is CC(C)C(CN(C)CCC1CCOCC1)C(=O)O. The minimum atomic E-state index is -0.678. The van der Waals surface area contributed by atoms with Crippen LogP contribution >= 0.6 is 0 Å². The van der Waals surface area contributed by atoms with Crippen molar-refractivity contribution in [1.29, 1.82) is 0 Å². The Morgan fingerprint density at radius 3 is 2.50 bits per heavy atom. The zero-order valence-electron chi connectivity index (χ0n) is 11.9. The van der Waals surface area contributed by atoms with E-state index in [9.17, 15) is 4.79 Å². The molecule has 18 heavy (non-hydrogen) atoms. The van der Waals surface area contributed by atoms with Crippen molar-refractivity contribution < 1.29 is 14.6 Å². The van der Waals surface area contributed by atoms with Gasteiger partial charge in [0.15, 0.2) is 0 Å². The molecule has 0 radical (unpaired) electrons. The van der Waals surface area contributed by atoms with Crippen molar-refractivity contribution >= 4 is 5.97 Å². The van der Waals surface area contributed by atoms with Gasteiger partial charge in [-0.15, -0.1) is 0 Å². The lowest BCUT2D eigenvalue weighted by Crippen LogP contribution is -2.35. The lowest BCUT2D eigenvalue weighted by atomic mass is 9.94. The van der Waals surface area contributed by atoms with E-state index in [0.29, 0.717) is 6.54 Å². The highest BCUT2D eigenvalue weighted by molar-refractivity contribution is 5.70. The Morgan fingerprint density at radius 1 is 1.39 bits per heavy atom. The lowest BCUT2D eigenvalue weighted by Gasteiger charge is -2.27. The number of aliphatic carboxylic acids is 1. The Balaban J connectivity index is 2.26. The second-order valence-electron chi connectivity index (χ2n) is 5.80. The maximum atomic E-state index is 11.1. The van der Waals surface area contributed by atoms with Crippen LogP contribution in [0.15, 0.2) is 0 Å². The van der Waals surface area contributed by atoms with Crippen LogP contribution in [0.4, 0.5) is 0 Å². The first-order valence-electron chi connectivity index (χ1n) is 6.99. The topological polar surface area (TPSA) is 49.8 Å². The molecular weight excluding hydrogens is 230 g/mol. The molecule has 0 aliphatic carbocycles. The zero-order chi connectivity index (χ0) is 13.5. The Labute approximate surface area is 110 Å². The van der Waals surface area contributed by atoms with Gasteiger partial charge in [0, 0.05) is 19.8 Å². The molecule has 4 heteroatoms. The summed E-state index contributed by atoms with van der Waals surface area (Å²) in [5, 5.41) is 9.17. The Kier molecular flexibility index (Phi) is 6.65. The smallest absolute Gasteiger partial charge is 0.308 e. The fraction of sp³-hybridized carbons (Fsp3) is 0.929. The van der Waals surface area contributed by atoms with E-state index in [-0.39, 0.29) is 11.8 Å². The highest BCUT2D eigenvalue weighted by atomic mass is 16.5. The average molecular weight is 257 g/mol. The lowest BCUT2D eigenvalue weighted by molar-refractivity contribution is -0.143. The van der Waals surface area contributed by atoms with Gasteiger partial charge >= 0.3 is 5.97 Å². The molecule has 4 nitrogen and oxygen atoms in total. The van der Waals surface area contributed by atoms with E-state index in [1.54, 1.807) is 0 Å². The third-order valence-corrected chi connectivity index (χ3v) is 3.89. The fourth-order valence-corrected chi connectivity index (χ4v) is 2.44. The minimum absolute atomic E-state index is 0.188. The van der Waals surface area contributed by atoms with Crippen LogP contribution in [0.3, 0.4) is 0 Å². The molecule has 1 fully saturated rings. The number of carbonyl (C=O) groups is 1. The molecule has 0 aromatic carbocycles. The molecule has 0 saturated carbocycles. The summed E-state index contributed by atoms with van der Waals surface area (Å²) in [5.74, 6) is 0.00386. The van der Waals surface area contributed by atoms with E-state index in [1.807, 2.05) is 20.9 Å². The van der Waals surface area contributed by atoms with Crippen LogP contribution in [0.1, 0.15) is 33.1 Å². The molecule has 1 atom stereocenters. The minimum Gasteiger partial charge on any atom is -0.481 e. The highest BCUT2D eigenvalue weighted by Crippen LogP contribution is 2.19. The summed E-state index contributed by atoms with van der Waals surface area (Å²) in [4.78, 5) is 13.3. The molecule has 1 unspecified atom stereocenters. The average Bonchev–Trinajstić information content (AvgIpc) is 2.34. The van der Waals surface area contributed by atoms with Crippen molar-refractivity contribution in [3.8, 4) is 0 Å². The molecular formula is C14H27NO3. The van der Waals surface area contributed by atoms with Gasteiger partial charge in [0.25, 0.3) is 0 Å². The summed E-state index contributed by atoms with van der Waals surface area (Å²) in [6.07, 6.45) is 3.46. The molecule has 1 aliphatic rings. The molecule has 1 saturated heterocycles. The van der Waals surface area contributed by atoms with Gasteiger partial charge in [0.1, 0.15) is 0 Å². The maximum absolute atomic E-state index is 11.1. The zero-order valence-corrected chi connectivity index (χ0v) is 11.9. The van der Waals surface area contributed by atoms with Crippen LogP contribution in [0.25, 0.3) is 0 Å². The molecule has 1 rings (SSSR count). The first-order chi connectivity index (χ1) is 8.50. The molecule has 1 heterocycles. The van der Waals surface area contributed by atoms with Crippen molar-refractivity contribution in [2.45, 2.75) is 33.1 Å². The Hall–Kier alpha value is -0.610. The van der Waals surface area contributed by atoms with Gasteiger partial charge in [-0.2, -0.15) is 0 Å². The predicted octanol–water partition coefficient (Wildman–Crippen LogP) is 2.09. The van der Waals surface area contributed by atoms with E-state index in [1.165, 1.54) is 0 Å². The summed E-state index contributed by atoms with van der Waals surface area (Å²) in [6, 6.07) is 0. The van der Waals surface area contributed by atoms with Crippen LogP contribution in [0, 0.1) is 17.8 Å². The number of hydrogen-bond acceptors (Lipinski definition) is 3. The van der Waals surface area contributed by atoms with E-state index < -0.39 is 5.97 Å². The van der Waals surface area contributed by atoms with Gasteiger partial charge in [0.05, 0.1) is 5.92 Å². The summed E-state index contributed by atoms with van der Waals surface area (Å²) in [5.41, 5.74) is 0. The fourth-order valence-electron chi connectivity index (χ4n) is 2.44. The molecule has 0 spiro atoms. The van der Waals surface area contributed by atoms with Crippen molar-refractivity contribution in [2.75, 3.05) is 33.4 Å². The molecule has 106 valence electrons. The number of rotatable bonds is 7. The first-order valence-corrected chi connectivity index (χ1v) is 6.99. The highest BCUT2D eigenvalue weighted by Gasteiger charge is 2.23. The third kappa shape index (κ3) is 5.36. The van der Waals surface area contributed by atoms with Gasteiger partial charge in [-0.1, -0.05) is 13.8 Å². The second kappa shape index (κ2) is 7.74. The number of ether oxygens (including phenoxy) is 1. The molecule has 1 aliphatic heterocycles. The Morgan fingerprint density at radius 2 is 2.00 bits per heavy atom. The molecule has 0 aromatic rings. The van der Waals surface area contributed by atoms with Crippen LogP contribution in [0.2, 0.25) is 0 Å². The monoisotopic (exact) mass is 257 g/mol. The van der Waals surface area contributed by atoms with Gasteiger partial charge in [-0.05, 0) is 44.7 Å². The van der Waals surface area contributed by atoms with Crippen molar-refractivity contribution in [2.24, 2.45) is 17.8 Å². The van der Waals surface area contributed by atoms with Crippen molar-refractivity contribution in [3.05, 3.63) is 0 Å². The van der Waals surface area contributed by atoms with E-state index >= 15 is 0 Å². The predicted molar refractivity (Wildman–Crippen MR) is 71.6 cm³/mol. The van der Waals surface area contributed by atoms with Crippen LogP contribution in [-0.4, -0.2) is 49.3 Å². The normalized spacial score (nSPS) is 19.4. The third-order valence-electron chi connectivity index (χ3n) is 3.89. The first kappa shape index (κ1) is 15.4. The Bertz CT molecular complexity index is 249. The number of nitrogens with zero attached hydrogens (tertiary/aromatic N) is 1. The van der Waals surface area contributed by atoms with Gasteiger partial charge in [0.2, 0.25) is 0 Å². The summed E-state index contributed by atoms with van der Waals surface area (Å²) >= 11 is 0. The second-order valence-corrected chi connectivity index (χ2v) is 5.80. The number of carboxylic acid groups (broad SMARTS) is 1. The van der Waals surface area contributed by atoms with Crippen LogP contribution in [0.5, 0.6) is 0 Å². The summed E-state index contributed by atoms with van der Waals surface area (Å²) < 4.78 is 5.34. The van der Waals surface area contributed by atoms with E-state index in [2.05, 4.69) is 4.90 Å². The van der Waals surface area contributed by atoms with Gasteiger partial charge in [-0.3, -0.25) is 4.79 Å². The van der Waals surface area contributed by atoms with Gasteiger partial charge < -0.3 is 14.7 Å². The van der Waals surface area contributed by atoms with Crippen LogP contribution in [-0.2, 0) is 9.53 Å². The quantitative estimate of drug-likeness (QED) is 0.758. The van der Waals surface area contributed by atoms with Gasteiger partial charge in [-0.25, -0.2) is 0 Å². The van der Waals surface area contributed by atoms with E-state index in [4.69, 9.17) is 9.84 Å². The number of hydrogen-bond donors (Lipinski definition) is 1. The molecule has 0 aromatic heterocycles. The van der Waals surface area contributed by atoms with Crippen molar-refractivity contribution in [3.63, 3.8) is 0 Å².